The molecule has 116 valence electrons. The number of nitrogens with zero attached hydrogens (tertiary/aromatic N) is 2. The van der Waals surface area contributed by atoms with Gasteiger partial charge in [0.2, 0.25) is 0 Å². The number of fused-ring (bicyclic) bond motifs is 1. The smallest absolute Gasteiger partial charge is 0.0896 e. The quantitative estimate of drug-likeness (QED) is 0.912. The minimum atomic E-state index is 0.237. The summed E-state index contributed by atoms with van der Waals surface area (Å²) in [7, 11) is 4.39. The topological polar surface area (TPSA) is 27.7 Å². The summed E-state index contributed by atoms with van der Waals surface area (Å²) in [6.45, 7) is 7.03. The fourth-order valence-corrected chi connectivity index (χ4v) is 3.56. The summed E-state index contributed by atoms with van der Waals surface area (Å²) in [5.41, 5.74) is 4.27. The molecule has 3 rings (SSSR count). The van der Waals surface area contributed by atoms with E-state index in [1.54, 1.807) is 0 Å². The van der Waals surface area contributed by atoms with Gasteiger partial charge >= 0.3 is 0 Å². The van der Waals surface area contributed by atoms with Crippen molar-refractivity contribution in [3.05, 3.63) is 29.3 Å². The van der Waals surface area contributed by atoms with Crippen molar-refractivity contribution in [1.29, 1.82) is 0 Å². The van der Waals surface area contributed by atoms with Crippen molar-refractivity contribution in [2.45, 2.75) is 25.5 Å². The van der Waals surface area contributed by atoms with Crippen LogP contribution in [0.2, 0.25) is 0 Å². The van der Waals surface area contributed by atoms with Crippen molar-refractivity contribution in [1.82, 2.24) is 10.2 Å². The first-order chi connectivity index (χ1) is 10.2. The van der Waals surface area contributed by atoms with Crippen LogP contribution in [0.15, 0.2) is 18.2 Å². The highest BCUT2D eigenvalue weighted by Crippen LogP contribution is 2.33. The Kier molecular flexibility index (Phi) is 4.48. The van der Waals surface area contributed by atoms with Crippen molar-refractivity contribution in [2.24, 2.45) is 0 Å². The molecule has 0 spiro atoms. The highest BCUT2D eigenvalue weighted by atomic mass is 16.5. The van der Waals surface area contributed by atoms with E-state index in [1.165, 1.54) is 16.8 Å². The second kappa shape index (κ2) is 6.34. The number of likely N-dealkylation sites (N-methyl/N-ethyl adjacent to an activating group) is 3. The molecule has 1 N–H and O–H groups in total. The molecule has 0 radical (unpaired) electrons. The van der Waals surface area contributed by atoms with E-state index in [-0.39, 0.29) is 6.10 Å². The van der Waals surface area contributed by atoms with Crippen molar-refractivity contribution >= 4 is 5.69 Å². The highest BCUT2D eigenvalue weighted by Gasteiger charge is 2.32. The van der Waals surface area contributed by atoms with Crippen LogP contribution in [0, 0.1) is 0 Å². The monoisotopic (exact) mass is 289 g/mol. The lowest BCUT2D eigenvalue weighted by Crippen LogP contribution is -2.47. The maximum atomic E-state index is 6.04. The van der Waals surface area contributed by atoms with Crippen LogP contribution in [0.3, 0.4) is 0 Å². The Labute approximate surface area is 128 Å². The molecule has 2 heterocycles. The van der Waals surface area contributed by atoms with Crippen LogP contribution >= 0.6 is 0 Å². The zero-order valence-electron chi connectivity index (χ0n) is 13.4. The van der Waals surface area contributed by atoms with Gasteiger partial charge in [0, 0.05) is 32.4 Å². The molecule has 0 bridgehead atoms. The summed E-state index contributed by atoms with van der Waals surface area (Å²) in [6.07, 6.45) is 1.40. The number of ether oxygens (including phenoxy) is 1. The van der Waals surface area contributed by atoms with Crippen LogP contribution in [0.1, 0.15) is 24.1 Å². The summed E-state index contributed by atoms with van der Waals surface area (Å²) >= 11 is 0. The molecule has 1 aromatic rings. The van der Waals surface area contributed by atoms with E-state index in [0.29, 0.717) is 6.04 Å². The third kappa shape index (κ3) is 2.93. The first-order valence-corrected chi connectivity index (χ1v) is 8.07. The number of hydrogen-bond donors (Lipinski definition) is 1. The molecule has 4 heteroatoms. The number of hydrogen-bond acceptors (Lipinski definition) is 4. The molecule has 0 aromatic heterocycles. The fourth-order valence-electron chi connectivity index (χ4n) is 3.56. The maximum Gasteiger partial charge on any atom is 0.0896 e. The largest absolute Gasteiger partial charge is 0.374 e. The second-order valence-corrected chi connectivity index (χ2v) is 6.20. The molecule has 2 aliphatic rings. The molecule has 1 saturated heterocycles. The molecule has 1 fully saturated rings. The molecule has 0 saturated carbocycles. The normalized spacial score (nSPS) is 26.1. The minimum absolute atomic E-state index is 0.237. The van der Waals surface area contributed by atoms with Crippen molar-refractivity contribution in [3.8, 4) is 0 Å². The van der Waals surface area contributed by atoms with Crippen molar-refractivity contribution in [2.75, 3.05) is 51.8 Å². The summed E-state index contributed by atoms with van der Waals surface area (Å²) in [5, 5.41) is 3.44. The molecular weight excluding hydrogens is 262 g/mol. The van der Waals surface area contributed by atoms with Gasteiger partial charge in [0.05, 0.1) is 18.8 Å². The van der Waals surface area contributed by atoms with Gasteiger partial charge in [-0.25, -0.2) is 0 Å². The fraction of sp³-hybridized carbons (Fsp3) is 0.647. The zero-order chi connectivity index (χ0) is 14.8. The van der Waals surface area contributed by atoms with Gasteiger partial charge in [0.25, 0.3) is 0 Å². The van der Waals surface area contributed by atoms with E-state index in [0.717, 1.165) is 39.2 Å². The van der Waals surface area contributed by atoms with E-state index < -0.39 is 0 Å². The predicted octanol–water partition coefficient (Wildman–Crippen LogP) is 1.66. The minimum Gasteiger partial charge on any atom is -0.374 e. The number of anilines is 1. The summed E-state index contributed by atoms with van der Waals surface area (Å²) < 4.78 is 6.04. The Hall–Kier alpha value is -1.10. The third-order valence-corrected chi connectivity index (χ3v) is 4.77. The molecule has 0 aliphatic carbocycles. The molecule has 21 heavy (non-hydrogen) atoms. The van der Waals surface area contributed by atoms with Crippen LogP contribution in [-0.4, -0.2) is 57.9 Å². The lowest BCUT2D eigenvalue weighted by Gasteiger charge is -2.39. The van der Waals surface area contributed by atoms with Crippen molar-refractivity contribution < 1.29 is 4.74 Å². The SMILES string of the molecule is CCNCC1OCCN(C)C1c1ccc2c(c1)CCN2C. The Bertz CT molecular complexity index is 491. The van der Waals surface area contributed by atoms with E-state index in [9.17, 15) is 0 Å². The lowest BCUT2D eigenvalue weighted by atomic mass is 9.96. The van der Waals surface area contributed by atoms with Gasteiger partial charge in [0.15, 0.2) is 0 Å². The molecule has 2 atom stereocenters. The number of morpholine rings is 1. The summed E-state index contributed by atoms with van der Waals surface area (Å²) in [6, 6.07) is 7.32. The first-order valence-electron chi connectivity index (χ1n) is 8.07. The highest BCUT2D eigenvalue weighted by molar-refractivity contribution is 5.58. The van der Waals surface area contributed by atoms with Gasteiger partial charge in [-0.1, -0.05) is 19.1 Å². The van der Waals surface area contributed by atoms with E-state index in [1.807, 2.05) is 0 Å². The van der Waals surface area contributed by atoms with Gasteiger partial charge in [-0.3, -0.25) is 4.90 Å². The number of rotatable bonds is 4. The van der Waals surface area contributed by atoms with Crippen LogP contribution < -0.4 is 10.2 Å². The molecule has 1 aromatic carbocycles. The van der Waals surface area contributed by atoms with Gasteiger partial charge < -0.3 is 15.0 Å². The van der Waals surface area contributed by atoms with Gasteiger partial charge in [-0.15, -0.1) is 0 Å². The van der Waals surface area contributed by atoms with Crippen LogP contribution in [0.5, 0.6) is 0 Å². The predicted molar refractivity (Wildman–Crippen MR) is 87.1 cm³/mol. The number of nitrogens with one attached hydrogen (secondary N) is 1. The maximum absolute atomic E-state index is 6.04. The van der Waals surface area contributed by atoms with E-state index >= 15 is 0 Å². The Morgan fingerprint density at radius 1 is 1.29 bits per heavy atom. The molecule has 0 amide bonds. The Morgan fingerprint density at radius 2 is 2.14 bits per heavy atom. The van der Waals surface area contributed by atoms with Gasteiger partial charge in [-0.05, 0) is 37.2 Å². The van der Waals surface area contributed by atoms with E-state index in [4.69, 9.17) is 4.74 Å². The molecular formula is C17H27N3O. The number of benzene rings is 1. The van der Waals surface area contributed by atoms with Crippen LogP contribution in [-0.2, 0) is 11.2 Å². The van der Waals surface area contributed by atoms with E-state index in [2.05, 4.69) is 54.3 Å². The average molecular weight is 289 g/mol. The van der Waals surface area contributed by atoms with Gasteiger partial charge in [0.1, 0.15) is 0 Å². The third-order valence-electron chi connectivity index (χ3n) is 4.77. The van der Waals surface area contributed by atoms with Crippen LogP contribution in [0.4, 0.5) is 5.69 Å². The lowest BCUT2D eigenvalue weighted by molar-refractivity contribution is -0.0611. The Morgan fingerprint density at radius 3 is 2.95 bits per heavy atom. The second-order valence-electron chi connectivity index (χ2n) is 6.20. The average Bonchev–Trinajstić information content (AvgIpc) is 2.86. The van der Waals surface area contributed by atoms with Crippen LogP contribution in [0.25, 0.3) is 0 Å². The molecule has 2 aliphatic heterocycles. The standard InChI is InChI=1S/C17H27N3O/c1-4-18-12-16-17(20(3)9-10-21-16)14-5-6-15-13(11-14)7-8-19(15)2/h5-6,11,16-18H,4,7-10,12H2,1-3H3. The molecule has 2 unspecified atom stereocenters. The summed E-state index contributed by atoms with van der Waals surface area (Å²) in [5.74, 6) is 0. The summed E-state index contributed by atoms with van der Waals surface area (Å²) in [4.78, 5) is 4.78. The first kappa shape index (κ1) is 14.8. The Balaban J connectivity index is 1.85. The van der Waals surface area contributed by atoms with Gasteiger partial charge in [-0.2, -0.15) is 0 Å². The molecule has 4 nitrogen and oxygen atoms in total. The zero-order valence-corrected chi connectivity index (χ0v) is 13.4. The van der Waals surface area contributed by atoms with Crippen molar-refractivity contribution in [3.63, 3.8) is 0 Å².